The summed E-state index contributed by atoms with van der Waals surface area (Å²) in [6.07, 6.45) is 0.731. The Morgan fingerprint density at radius 3 is 2.72 bits per heavy atom. The third-order valence-corrected chi connectivity index (χ3v) is 3.24. The second kappa shape index (κ2) is 4.94. The molecule has 94 valence electrons. The largest absolute Gasteiger partial charge is 0.507 e. The molecule has 1 aromatic carbocycles. The van der Waals surface area contributed by atoms with Crippen LogP contribution in [0.3, 0.4) is 0 Å². The Kier molecular flexibility index (Phi) is 3.52. The summed E-state index contributed by atoms with van der Waals surface area (Å²) in [6, 6.07) is 5.29. The number of halogens is 1. The van der Waals surface area contributed by atoms with Crippen molar-refractivity contribution < 1.29 is 5.11 Å². The first-order valence-electron chi connectivity index (χ1n) is 5.64. The second-order valence-electron chi connectivity index (χ2n) is 4.00. The second-order valence-corrected chi connectivity index (χ2v) is 4.92. The molecule has 1 aromatic heterocycles. The summed E-state index contributed by atoms with van der Waals surface area (Å²) in [7, 11) is 0. The maximum Gasteiger partial charge on any atom is 0.220 e. The zero-order valence-corrected chi connectivity index (χ0v) is 11.8. The first-order valence-corrected chi connectivity index (χ1v) is 6.44. The van der Waals surface area contributed by atoms with E-state index in [9.17, 15) is 5.11 Å². The number of hydrogen-bond donors (Lipinski definition) is 2. The fraction of sp³-hybridized carbons (Fsp3) is 0.231. The molecule has 0 saturated carbocycles. The molecule has 2 rings (SSSR count). The van der Waals surface area contributed by atoms with Gasteiger partial charge in [0.15, 0.2) is 0 Å². The molecule has 0 saturated heterocycles. The number of aromatic nitrogens is 2. The van der Waals surface area contributed by atoms with Crippen LogP contribution in [0.1, 0.15) is 18.3 Å². The summed E-state index contributed by atoms with van der Waals surface area (Å²) in [6.45, 7) is 3.87. The van der Waals surface area contributed by atoms with Gasteiger partial charge in [0, 0.05) is 15.6 Å². The van der Waals surface area contributed by atoms with Crippen molar-refractivity contribution in [1.29, 1.82) is 0 Å². The first-order chi connectivity index (χ1) is 8.52. The van der Waals surface area contributed by atoms with Crippen LogP contribution in [0, 0.1) is 6.92 Å². The average Bonchev–Trinajstić information content (AvgIpc) is 2.32. The minimum atomic E-state index is 0.212. The van der Waals surface area contributed by atoms with E-state index in [4.69, 9.17) is 5.73 Å². The Morgan fingerprint density at radius 1 is 1.33 bits per heavy atom. The van der Waals surface area contributed by atoms with Crippen molar-refractivity contribution in [2.45, 2.75) is 20.3 Å². The highest BCUT2D eigenvalue weighted by molar-refractivity contribution is 9.10. The van der Waals surface area contributed by atoms with E-state index in [0.717, 1.165) is 33.4 Å². The maximum absolute atomic E-state index is 9.99. The normalized spacial score (nSPS) is 10.6. The molecule has 0 amide bonds. The fourth-order valence-electron chi connectivity index (χ4n) is 1.97. The lowest BCUT2D eigenvalue weighted by molar-refractivity contribution is 0.477. The predicted molar refractivity (Wildman–Crippen MR) is 75.4 cm³/mol. The van der Waals surface area contributed by atoms with E-state index in [0.29, 0.717) is 0 Å². The van der Waals surface area contributed by atoms with Gasteiger partial charge in [0.1, 0.15) is 5.75 Å². The number of phenolic OH excluding ortho intramolecular Hbond substituents is 1. The molecule has 0 atom stereocenters. The topological polar surface area (TPSA) is 72.0 Å². The van der Waals surface area contributed by atoms with Crippen LogP contribution in [-0.4, -0.2) is 15.1 Å². The molecular weight excluding hydrogens is 294 g/mol. The zero-order chi connectivity index (χ0) is 13.3. The van der Waals surface area contributed by atoms with Crippen LogP contribution < -0.4 is 5.73 Å². The zero-order valence-electron chi connectivity index (χ0n) is 10.2. The Bertz CT molecular complexity index is 599. The molecule has 2 aromatic rings. The van der Waals surface area contributed by atoms with Crippen molar-refractivity contribution in [3.05, 3.63) is 34.1 Å². The highest BCUT2D eigenvalue weighted by Crippen LogP contribution is 2.35. The summed E-state index contributed by atoms with van der Waals surface area (Å²) in [4.78, 5) is 8.41. The molecular formula is C13H14BrN3O. The van der Waals surface area contributed by atoms with E-state index in [1.54, 1.807) is 12.1 Å². The lowest BCUT2D eigenvalue weighted by Gasteiger charge is -2.12. The van der Waals surface area contributed by atoms with Gasteiger partial charge < -0.3 is 10.8 Å². The number of aryl methyl sites for hydroxylation is 2. The summed E-state index contributed by atoms with van der Waals surface area (Å²) in [5.41, 5.74) is 8.84. The van der Waals surface area contributed by atoms with Crippen LogP contribution in [0.5, 0.6) is 5.75 Å². The molecule has 0 spiro atoms. The summed E-state index contributed by atoms with van der Waals surface area (Å²) < 4.78 is 0.897. The van der Waals surface area contributed by atoms with Gasteiger partial charge in [-0.25, -0.2) is 9.97 Å². The highest BCUT2D eigenvalue weighted by Gasteiger charge is 2.15. The molecule has 3 N–H and O–H groups in total. The van der Waals surface area contributed by atoms with Crippen LogP contribution in [-0.2, 0) is 6.42 Å². The van der Waals surface area contributed by atoms with E-state index in [1.807, 2.05) is 19.9 Å². The molecule has 0 bridgehead atoms. The Balaban J connectivity index is 2.74. The Hall–Kier alpha value is -1.62. The van der Waals surface area contributed by atoms with Gasteiger partial charge in [-0.05, 0) is 31.5 Å². The summed E-state index contributed by atoms with van der Waals surface area (Å²) >= 11 is 3.40. The van der Waals surface area contributed by atoms with Crippen LogP contribution in [0.2, 0.25) is 0 Å². The van der Waals surface area contributed by atoms with Gasteiger partial charge in [-0.15, -0.1) is 0 Å². The molecule has 0 fully saturated rings. The minimum Gasteiger partial charge on any atom is -0.507 e. The quantitative estimate of drug-likeness (QED) is 0.894. The van der Waals surface area contributed by atoms with Gasteiger partial charge in [-0.2, -0.15) is 0 Å². The van der Waals surface area contributed by atoms with Gasteiger partial charge in [0.05, 0.1) is 11.4 Å². The van der Waals surface area contributed by atoms with Crippen LogP contribution in [0.15, 0.2) is 22.7 Å². The number of hydrogen-bond acceptors (Lipinski definition) is 4. The highest BCUT2D eigenvalue weighted by atomic mass is 79.9. The molecule has 0 unspecified atom stereocenters. The minimum absolute atomic E-state index is 0.212. The standard InChI is InChI=1S/C13H14BrN3O/c1-3-10-12(7(2)16-13(15)17-10)9-6-8(14)4-5-11(9)18/h4-6,18H,3H2,1-2H3,(H2,15,16,17). The molecule has 5 heteroatoms. The molecule has 18 heavy (non-hydrogen) atoms. The molecule has 1 heterocycles. The summed E-state index contributed by atoms with van der Waals surface area (Å²) in [5.74, 6) is 0.479. The van der Waals surface area contributed by atoms with Crippen molar-refractivity contribution in [3.8, 4) is 16.9 Å². The number of phenols is 1. The molecule has 0 aliphatic carbocycles. The number of nitrogen functional groups attached to an aromatic ring is 1. The SMILES string of the molecule is CCc1nc(N)nc(C)c1-c1cc(Br)ccc1O. The Labute approximate surface area is 114 Å². The molecule has 0 radical (unpaired) electrons. The number of nitrogens with zero attached hydrogens (tertiary/aromatic N) is 2. The van der Waals surface area contributed by atoms with Gasteiger partial charge in [-0.3, -0.25) is 0 Å². The lowest BCUT2D eigenvalue weighted by Crippen LogP contribution is -2.04. The Morgan fingerprint density at radius 2 is 2.06 bits per heavy atom. The molecule has 4 nitrogen and oxygen atoms in total. The number of anilines is 1. The predicted octanol–water partition coefficient (Wildman–Crippen LogP) is 3.06. The molecule has 0 aliphatic rings. The van der Waals surface area contributed by atoms with E-state index in [-0.39, 0.29) is 11.7 Å². The maximum atomic E-state index is 9.99. The number of rotatable bonds is 2. The fourth-order valence-corrected chi connectivity index (χ4v) is 2.33. The van der Waals surface area contributed by atoms with Crippen molar-refractivity contribution >= 4 is 21.9 Å². The van der Waals surface area contributed by atoms with Crippen LogP contribution in [0.25, 0.3) is 11.1 Å². The number of nitrogens with two attached hydrogens (primary N) is 1. The van der Waals surface area contributed by atoms with Crippen LogP contribution >= 0.6 is 15.9 Å². The summed E-state index contributed by atoms with van der Waals surface area (Å²) in [5, 5.41) is 9.99. The smallest absolute Gasteiger partial charge is 0.220 e. The molecule has 0 aliphatic heterocycles. The lowest BCUT2D eigenvalue weighted by atomic mass is 10.00. The van der Waals surface area contributed by atoms with Gasteiger partial charge in [0.2, 0.25) is 5.95 Å². The van der Waals surface area contributed by atoms with Crippen molar-refractivity contribution in [3.63, 3.8) is 0 Å². The third kappa shape index (κ3) is 2.31. The van der Waals surface area contributed by atoms with Crippen molar-refractivity contribution in [2.24, 2.45) is 0 Å². The van der Waals surface area contributed by atoms with Crippen molar-refractivity contribution in [2.75, 3.05) is 5.73 Å². The van der Waals surface area contributed by atoms with Gasteiger partial charge >= 0.3 is 0 Å². The number of benzene rings is 1. The van der Waals surface area contributed by atoms with Gasteiger partial charge in [-0.1, -0.05) is 22.9 Å². The third-order valence-electron chi connectivity index (χ3n) is 2.74. The van der Waals surface area contributed by atoms with Crippen LogP contribution in [0.4, 0.5) is 5.95 Å². The van der Waals surface area contributed by atoms with Crippen molar-refractivity contribution in [1.82, 2.24) is 9.97 Å². The van der Waals surface area contributed by atoms with E-state index in [2.05, 4.69) is 25.9 Å². The monoisotopic (exact) mass is 307 g/mol. The van der Waals surface area contributed by atoms with E-state index < -0.39 is 0 Å². The van der Waals surface area contributed by atoms with E-state index >= 15 is 0 Å². The van der Waals surface area contributed by atoms with E-state index in [1.165, 1.54) is 0 Å². The average molecular weight is 308 g/mol. The number of aromatic hydroxyl groups is 1. The van der Waals surface area contributed by atoms with Gasteiger partial charge in [0.25, 0.3) is 0 Å². The first kappa shape index (κ1) is 12.8.